The van der Waals surface area contributed by atoms with Crippen molar-refractivity contribution in [2.75, 3.05) is 12.3 Å². The van der Waals surface area contributed by atoms with Crippen molar-refractivity contribution in [1.82, 2.24) is 10.3 Å². The first kappa shape index (κ1) is 13.1. The second-order valence-corrected chi connectivity index (χ2v) is 5.42. The molecule has 1 aromatic carbocycles. The molecule has 0 saturated heterocycles. The van der Waals surface area contributed by atoms with Crippen LogP contribution in [0.25, 0.3) is 0 Å². The van der Waals surface area contributed by atoms with Crippen LogP contribution < -0.4 is 11.1 Å². The fourth-order valence-electron chi connectivity index (χ4n) is 3.06. The molecule has 1 heterocycles. The number of benzene rings is 1. The Morgan fingerprint density at radius 3 is 2.90 bits per heavy atom. The van der Waals surface area contributed by atoms with Crippen molar-refractivity contribution in [2.24, 2.45) is 0 Å². The minimum absolute atomic E-state index is 0.263. The molecule has 20 heavy (non-hydrogen) atoms. The van der Waals surface area contributed by atoms with E-state index in [1.54, 1.807) is 6.20 Å². The number of nitrogens with two attached hydrogens (primary N) is 1. The fraction of sp³-hybridized carbons (Fsp3) is 0.353. The lowest BCUT2D eigenvalue weighted by Crippen LogP contribution is -2.34. The smallest absolute Gasteiger partial charge is 0.128 e. The first-order chi connectivity index (χ1) is 9.81. The van der Waals surface area contributed by atoms with E-state index < -0.39 is 0 Å². The van der Waals surface area contributed by atoms with Crippen molar-refractivity contribution < 1.29 is 0 Å². The Hall–Kier alpha value is -1.87. The van der Waals surface area contributed by atoms with Gasteiger partial charge in [-0.25, -0.2) is 4.98 Å². The third-order valence-electron chi connectivity index (χ3n) is 4.12. The Morgan fingerprint density at radius 2 is 2.15 bits per heavy atom. The zero-order valence-electron chi connectivity index (χ0n) is 11.8. The molecule has 2 unspecified atom stereocenters. The normalized spacial score (nSPS) is 18.1. The van der Waals surface area contributed by atoms with E-state index in [1.807, 2.05) is 6.07 Å². The second-order valence-electron chi connectivity index (χ2n) is 5.42. The Labute approximate surface area is 120 Å². The first-order valence-corrected chi connectivity index (χ1v) is 7.32. The third kappa shape index (κ3) is 2.29. The average Bonchev–Trinajstić information content (AvgIpc) is 2.45. The van der Waals surface area contributed by atoms with Crippen LogP contribution >= 0.6 is 0 Å². The number of pyridine rings is 1. The fourth-order valence-corrected chi connectivity index (χ4v) is 3.06. The number of fused-ring (bicyclic) bond motifs is 1. The largest absolute Gasteiger partial charge is 0.383 e. The summed E-state index contributed by atoms with van der Waals surface area (Å²) in [4.78, 5) is 4.24. The van der Waals surface area contributed by atoms with Gasteiger partial charge in [-0.05, 0) is 36.6 Å². The molecular formula is C17H21N3. The van der Waals surface area contributed by atoms with Crippen LogP contribution in [0, 0.1) is 0 Å². The first-order valence-electron chi connectivity index (χ1n) is 7.32. The molecule has 3 N–H and O–H groups in total. The van der Waals surface area contributed by atoms with E-state index in [9.17, 15) is 0 Å². The number of hydrogen-bond donors (Lipinski definition) is 2. The summed E-state index contributed by atoms with van der Waals surface area (Å²) in [5.41, 5.74) is 10.1. The standard InChI is InChI=1S/C17H21N3/c1-2-9-19-16(14-8-5-10-20-17(14)18)15-11-12-6-3-4-7-13(12)15/h3-8,10,15-16,19H,2,9,11H2,1H3,(H2,18,20). The van der Waals surface area contributed by atoms with Crippen LogP contribution in [0.1, 0.15) is 42.0 Å². The van der Waals surface area contributed by atoms with Gasteiger partial charge < -0.3 is 11.1 Å². The van der Waals surface area contributed by atoms with Crippen LogP contribution in [0.2, 0.25) is 0 Å². The van der Waals surface area contributed by atoms with E-state index in [0.29, 0.717) is 11.7 Å². The van der Waals surface area contributed by atoms with Crippen molar-refractivity contribution in [2.45, 2.75) is 31.7 Å². The molecule has 3 rings (SSSR count). The molecule has 1 aromatic heterocycles. The Morgan fingerprint density at radius 1 is 1.30 bits per heavy atom. The Kier molecular flexibility index (Phi) is 3.70. The van der Waals surface area contributed by atoms with Gasteiger partial charge in [0.2, 0.25) is 0 Å². The summed E-state index contributed by atoms with van der Waals surface area (Å²) in [6.07, 6.45) is 3.99. The van der Waals surface area contributed by atoms with Gasteiger partial charge in [-0.2, -0.15) is 0 Å². The molecule has 3 nitrogen and oxygen atoms in total. The molecule has 0 aliphatic heterocycles. The van der Waals surface area contributed by atoms with E-state index in [2.05, 4.69) is 47.6 Å². The topological polar surface area (TPSA) is 50.9 Å². The molecule has 1 aliphatic rings. The van der Waals surface area contributed by atoms with E-state index in [1.165, 1.54) is 11.1 Å². The predicted molar refractivity (Wildman–Crippen MR) is 82.6 cm³/mol. The maximum Gasteiger partial charge on any atom is 0.128 e. The number of nitrogen functional groups attached to an aromatic ring is 1. The molecule has 0 bridgehead atoms. The van der Waals surface area contributed by atoms with Crippen molar-refractivity contribution in [1.29, 1.82) is 0 Å². The van der Waals surface area contributed by atoms with Gasteiger partial charge in [0.05, 0.1) is 0 Å². The minimum Gasteiger partial charge on any atom is -0.383 e. The lowest BCUT2D eigenvalue weighted by Gasteiger charge is -2.37. The van der Waals surface area contributed by atoms with Gasteiger partial charge >= 0.3 is 0 Å². The van der Waals surface area contributed by atoms with Gasteiger partial charge in [0.25, 0.3) is 0 Å². The summed E-state index contributed by atoms with van der Waals surface area (Å²) in [6.45, 7) is 3.18. The van der Waals surface area contributed by atoms with Gasteiger partial charge in [-0.1, -0.05) is 37.3 Å². The molecule has 2 atom stereocenters. The minimum atomic E-state index is 0.263. The van der Waals surface area contributed by atoms with Gasteiger partial charge in [0.15, 0.2) is 0 Å². The van der Waals surface area contributed by atoms with Crippen molar-refractivity contribution in [3.05, 3.63) is 59.3 Å². The third-order valence-corrected chi connectivity index (χ3v) is 4.12. The molecule has 1 aliphatic carbocycles. The highest BCUT2D eigenvalue weighted by atomic mass is 14.9. The summed E-state index contributed by atoms with van der Waals surface area (Å²) in [7, 11) is 0. The maximum atomic E-state index is 6.08. The van der Waals surface area contributed by atoms with E-state index in [-0.39, 0.29) is 6.04 Å². The molecule has 104 valence electrons. The zero-order chi connectivity index (χ0) is 13.9. The summed E-state index contributed by atoms with van der Waals surface area (Å²) in [6, 6.07) is 13.0. The lowest BCUT2D eigenvalue weighted by atomic mass is 9.71. The Balaban J connectivity index is 1.91. The van der Waals surface area contributed by atoms with E-state index in [0.717, 1.165) is 24.9 Å². The highest BCUT2D eigenvalue weighted by Crippen LogP contribution is 2.44. The van der Waals surface area contributed by atoms with Crippen molar-refractivity contribution in [3.8, 4) is 0 Å². The zero-order valence-corrected chi connectivity index (χ0v) is 11.8. The van der Waals surface area contributed by atoms with Gasteiger partial charge in [0.1, 0.15) is 5.82 Å². The predicted octanol–water partition coefficient (Wildman–Crippen LogP) is 3.04. The molecule has 3 heteroatoms. The SMILES string of the molecule is CCCNC(c1cccnc1N)C1Cc2ccccc21. The molecule has 0 saturated carbocycles. The maximum absolute atomic E-state index is 6.08. The summed E-state index contributed by atoms with van der Waals surface area (Å²) in [5.74, 6) is 1.15. The lowest BCUT2D eigenvalue weighted by molar-refractivity contribution is 0.412. The van der Waals surface area contributed by atoms with Crippen LogP contribution in [-0.2, 0) is 6.42 Å². The molecular weight excluding hydrogens is 246 g/mol. The number of rotatable bonds is 5. The summed E-state index contributed by atoms with van der Waals surface area (Å²) >= 11 is 0. The second kappa shape index (κ2) is 5.63. The highest BCUT2D eigenvalue weighted by Gasteiger charge is 2.34. The van der Waals surface area contributed by atoms with Crippen LogP contribution in [-0.4, -0.2) is 11.5 Å². The molecule has 0 spiro atoms. The number of hydrogen-bond acceptors (Lipinski definition) is 3. The van der Waals surface area contributed by atoms with E-state index in [4.69, 9.17) is 5.73 Å². The van der Waals surface area contributed by atoms with Gasteiger partial charge in [-0.3, -0.25) is 0 Å². The van der Waals surface area contributed by atoms with Crippen LogP contribution in [0.3, 0.4) is 0 Å². The number of nitrogens with one attached hydrogen (secondary N) is 1. The highest BCUT2D eigenvalue weighted by molar-refractivity contribution is 5.48. The van der Waals surface area contributed by atoms with E-state index >= 15 is 0 Å². The van der Waals surface area contributed by atoms with Crippen molar-refractivity contribution >= 4 is 5.82 Å². The summed E-state index contributed by atoms with van der Waals surface area (Å²) < 4.78 is 0. The molecule has 0 radical (unpaired) electrons. The number of nitrogens with zero attached hydrogens (tertiary/aromatic N) is 1. The monoisotopic (exact) mass is 267 g/mol. The van der Waals surface area contributed by atoms with Gasteiger partial charge in [-0.15, -0.1) is 0 Å². The van der Waals surface area contributed by atoms with Crippen LogP contribution in [0.15, 0.2) is 42.6 Å². The molecule has 2 aromatic rings. The quantitative estimate of drug-likeness (QED) is 0.875. The number of anilines is 1. The van der Waals surface area contributed by atoms with Crippen LogP contribution in [0.4, 0.5) is 5.82 Å². The average molecular weight is 267 g/mol. The molecule has 0 amide bonds. The summed E-state index contributed by atoms with van der Waals surface area (Å²) in [5, 5.41) is 3.65. The Bertz CT molecular complexity index is 594. The van der Waals surface area contributed by atoms with Crippen molar-refractivity contribution in [3.63, 3.8) is 0 Å². The van der Waals surface area contributed by atoms with Gasteiger partial charge in [0, 0.05) is 23.7 Å². The number of aromatic nitrogens is 1. The van der Waals surface area contributed by atoms with Crippen LogP contribution in [0.5, 0.6) is 0 Å². The molecule has 0 fully saturated rings.